The van der Waals surface area contributed by atoms with Gasteiger partial charge in [-0.1, -0.05) is 18.3 Å². The highest BCUT2D eigenvalue weighted by molar-refractivity contribution is 7.17. The van der Waals surface area contributed by atoms with Crippen molar-refractivity contribution >= 4 is 28.2 Å². The van der Waals surface area contributed by atoms with E-state index in [4.69, 9.17) is 4.74 Å². The quantitative estimate of drug-likeness (QED) is 0.809. The van der Waals surface area contributed by atoms with Crippen LogP contribution in [0.3, 0.4) is 0 Å². The van der Waals surface area contributed by atoms with E-state index in [1.54, 1.807) is 19.5 Å². The third-order valence-electron chi connectivity index (χ3n) is 4.06. The summed E-state index contributed by atoms with van der Waals surface area (Å²) in [7, 11) is 1.69. The second-order valence-electron chi connectivity index (χ2n) is 5.85. The number of hydrogen-bond acceptors (Lipinski definition) is 8. The number of piperidine rings is 1. The molecular weight excluding hydrogens is 363 g/mol. The Morgan fingerprint density at radius 1 is 1.42 bits per heavy atom. The normalized spacial score (nSPS) is 19.5. The summed E-state index contributed by atoms with van der Waals surface area (Å²) in [5, 5.41) is 0.698. The number of anilines is 1. The largest absolute Gasteiger partial charge is 0.391 e. The zero-order valence-corrected chi connectivity index (χ0v) is 15.6. The van der Waals surface area contributed by atoms with Gasteiger partial charge in [0.15, 0.2) is 16.7 Å². The summed E-state index contributed by atoms with van der Waals surface area (Å²) in [6, 6.07) is 0. The second-order valence-corrected chi connectivity index (χ2v) is 6.86. The number of rotatable bonds is 4. The smallest absolute Gasteiger partial charge is 0.379 e. The standard InChI is InChI=1S/C11H15FN2O3S.C5H6N2O/c1-7-3-4-14(6-8(7)16-2)11-13-5-9(18-11)10(15)17-12;1-4(8)5-6-2-3-7-5/h5,7-8H,3-4,6H2,1-2H3;2-3H,1H3,(H,6,7)/t7-,8+;/m1./s1. The highest BCUT2D eigenvalue weighted by Gasteiger charge is 2.28. The van der Waals surface area contributed by atoms with Crippen molar-refractivity contribution in [3.05, 3.63) is 29.3 Å². The Hall–Kier alpha value is -2.33. The third kappa shape index (κ3) is 5.09. The molecule has 1 aliphatic heterocycles. The minimum absolute atomic E-state index is 0.0324. The zero-order chi connectivity index (χ0) is 19.1. The van der Waals surface area contributed by atoms with Crippen molar-refractivity contribution < 1.29 is 23.8 Å². The lowest BCUT2D eigenvalue weighted by Gasteiger charge is -2.35. The number of nitrogens with zero attached hydrogens (tertiary/aromatic N) is 3. The Bertz CT molecular complexity index is 722. The first-order valence-corrected chi connectivity index (χ1v) is 8.84. The molecule has 3 heterocycles. The van der Waals surface area contributed by atoms with Crippen LogP contribution in [0.2, 0.25) is 0 Å². The maximum Gasteiger partial charge on any atom is 0.391 e. The molecule has 1 saturated heterocycles. The van der Waals surface area contributed by atoms with E-state index in [1.807, 2.05) is 4.90 Å². The van der Waals surface area contributed by atoms with Gasteiger partial charge in [0.05, 0.1) is 12.3 Å². The molecule has 0 unspecified atom stereocenters. The molecule has 2 aromatic heterocycles. The Morgan fingerprint density at radius 3 is 2.73 bits per heavy atom. The summed E-state index contributed by atoms with van der Waals surface area (Å²) < 4.78 is 17.2. The summed E-state index contributed by atoms with van der Waals surface area (Å²) in [5.41, 5.74) is 0. The summed E-state index contributed by atoms with van der Waals surface area (Å²) in [5.74, 6) is -0.103. The Balaban J connectivity index is 0.000000254. The van der Waals surface area contributed by atoms with E-state index in [2.05, 4.69) is 26.8 Å². The molecule has 0 saturated carbocycles. The van der Waals surface area contributed by atoms with Gasteiger partial charge in [-0.05, 0) is 12.3 Å². The molecule has 0 bridgehead atoms. The van der Waals surface area contributed by atoms with Gasteiger partial charge in [-0.15, -0.1) is 0 Å². The fraction of sp³-hybridized carbons (Fsp3) is 0.500. The van der Waals surface area contributed by atoms with E-state index in [9.17, 15) is 14.1 Å². The van der Waals surface area contributed by atoms with Crippen LogP contribution in [-0.4, -0.2) is 53.0 Å². The molecule has 0 aliphatic carbocycles. The molecular formula is C16H21FN4O4S. The number of methoxy groups -OCH3 is 1. The number of carbonyl (C=O) groups is 2. The van der Waals surface area contributed by atoms with Crippen LogP contribution in [0.1, 0.15) is 40.6 Å². The van der Waals surface area contributed by atoms with E-state index in [1.165, 1.54) is 13.1 Å². The van der Waals surface area contributed by atoms with Gasteiger partial charge in [-0.2, -0.15) is 0 Å². The van der Waals surface area contributed by atoms with Crippen molar-refractivity contribution in [2.75, 3.05) is 25.1 Å². The molecule has 1 aliphatic rings. The number of hydrogen-bond donors (Lipinski definition) is 1. The number of nitrogens with one attached hydrogen (secondary N) is 1. The predicted octanol–water partition coefficient (Wildman–Crippen LogP) is 2.66. The van der Waals surface area contributed by atoms with Gasteiger partial charge in [0.25, 0.3) is 0 Å². The van der Waals surface area contributed by atoms with Crippen molar-refractivity contribution in [1.29, 1.82) is 0 Å². The Kier molecular flexibility index (Phi) is 7.22. The summed E-state index contributed by atoms with van der Waals surface area (Å²) in [4.78, 5) is 37.3. The summed E-state index contributed by atoms with van der Waals surface area (Å²) in [6.45, 7) is 5.21. The van der Waals surface area contributed by atoms with Crippen molar-refractivity contribution in [2.45, 2.75) is 26.4 Å². The topological polar surface area (TPSA) is 97.4 Å². The van der Waals surface area contributed by atoms with Crippen LogP contribution in [0.25, 0.3) is 0 Å². The molecule has 2 atom stereocenters. The van der Waals surface area contributed by atoms with Crippen LogP contribution in [-0.2, 0) is 9.68 Å². The number of carbonyl (C=O) groups excluding carboxylic acids is 2. The molecule has 26 heavy (non-hydrogen) atoms. The maximum absolute atomic E-state index is 11.8. The average Bonchev–Trinajstić information content (AvgIpc) is 3.34. The van der Waals surface area contributed by atoms with Gasteiger partial charge < -0.3 is 14.6 Å². The van der Waals surface area contributed by atoms with Crippen molar-refractivity contribution in [1.82, 2.24) is 15.0 Å². The fourth-order valence-electron chi connectivity index (χ4n) is 2.52. The number of H-pyrrole nitrogens is 1. The van der Waals surface area contributed by atoms with Gasteiger partial charge in [-0.25, -0.2) is 19.7 Å². The number of aromatic nitrogens is 3. The Morgan fingerprint density at radius 2 is 2.19 bits per heavy atom. The minimum atomic E-state index is -0.993. The van der Waals surface area contributed by atoms with Crippen LogP contribution in [0.5, 0.6) is 0 Å². The van der Waals surface area contributed by atoms with E-state index in [0.29, 0.717) is 16.9 Å². The Labute approximate surface area is 154 Å². The number of Topliss-reactive ketones (excluding diaryl/α,β-unsaturated/α-hetero) is 1. The number of imidazole rings is 1. The number of ketones is 1. The lowest BCUT2D eigenvalue weighted by Crippen LogP contribution is -2.43. The molecule has 0 aromatic carbocycles. The monoisotopic (exact) mass is 384 g/mol. The molecule has 1 N–H and O–H groups in total. The van der Waals surface area contributed by atoms with Crippen LogP contribution in [0.15, 0.2) is 18.6 Å². The number of ether oxygens (including phenoxy) is 1. The molecule has 3 rings (SSSR count). The van der Waals surface area contributed by atoms with E-state index in [-0.39, 0.29) is 16.8 Å². The molecule has 10 heteroatoms. The molecule has 8 nitrogen and oxygen atoms in total. The van der Waals surface area contributed by atoms with Crippen LogP contribution in [0, 0.1) is 5.92 Å². The average molecular weight is 384 g/mol. The molecule has 0 radical (unpaired) electrons. The first-order valence-electron chi connectivity index (χ1n) is 8.03. The lowest BCUT2D eigenvalue weighted by molar-refractivity contribution is -0.0783. The van der Waals surface area contributed by atoms with Crippen LogP contribution >= 0.6 is 11.3 Å². The van der Waals surface area contributed by atoms with Gasteiger partial charge in [0.2, 0.25) is 0 Å². The highest BCUT2D eigenvalue weighted by Crippen LogP contribution is 2.28. The summed E-state index contributed by atoms with van der Waals surface area (Å²) in [6.07, 6.45) is 5.66. The SMILES string of the molecule is CC(=O)c1ncc[nH]1.CO[C@H]1CN(c2ncc(C(=O)OF)s2)CC[C@H]1C. The van der Waals surface area contributed by atoms with E-state index < -0.39 is 5.97 Å². The van der Waals surface area contributed by atoms with Gasteiger partial charge in [0.1, 0.15) is 4.88 Å². The summed E-state index contributed by atoms with van der Waals surface area (Å²) >= 11 is 1.13. The lowest BCUT2D eigenvalue weighted by atomic mass is 9.96. The van der Waals surface area contributed by atoms with Gasteiger partial charge in [0, 0.05) is 44.0 Å². The number of aromatic amines is 1. The number of halogens is 1. The second kappa shape index (κ2) is 9.39. The number of thiazole rings is 1. The molecule has 0 amide bonds. The van der Waals surface area contributed by atoms with E-state index >= 15 is 0 Å². The third-order valence-corrected chi connectivity index (χ3v) is 5.10. The van der Waals surface area contributed by atoms with Crippen molar-refractivity contribution in [3.63, 3.8) is 0 Å². The first kappa shape index (κ1) is 20.0. The van der Waals surface area contributed by atoms with Crippen LogP contribution in [0.4, 0.5) is 9.66 Å². The van der Waals surface area contributed by atoms with Crippen molar-refractivity contribution in [3.8, 4) is 0 Å². The molecule has 0 spiro atoms. The fourth-order valence-corrected chi connectivity index (χ4v) is 3.33. The van der Waals surface area contributed by atoms with Gasteiger partial charge in [-0.3, -0.25) is 4.79 Å². The predicted molar refractivity (Wildman–Crippen MR) is 94.0 cm³/mol. The maximum atomic E-state index is 11.8. The molecule has 142 valence electrons. The van der Waals surface area contributed by atoms with Gasteiger partial charge >= 0.3 is 5.97 Å². The van der Waals surface area contributed by atoms with Crippen LogP contribution < -0.4 is 4.90 Å². The first-order chi connectivity index (χ1) is 12.5. The minimum Gasteiger partial charge on any atom is -0.379 e. The molecule has 1 fully saturated rings. The highest BCUT2D eigenvalue weighted by atomic mass is 32.1. The van der Waals surface area contributed by atoms with Crippen molar-refractivity contribution in [2.24, 2.45) is 5.92 Å². The molecule has 2 aromatic rings. The zero-order valence-electron chi connectivity index (χ0n) is 14.8. The van der Waals surface area contributed by atoms with E-state index in [0.717, 1.165) is 30.8 Å².